The molecular weight excluding hydrogens is 444 g/mol. The highest BCUT2D eigenvalue weighted by Gasteiger charge is 2.36. The summed E-state index contributed by atoms with van der Waals surface area (Å²) in [4.78, 5) is 38.3. The van der Waals surface area contributed by atoms with Crippen LogP contribution in [0.5, 0.6) is 11.5 Å². The molecule has 4 rings (SSSR count). The highest BCUT2D eigenvalue weighted by Crippen LogP contribution is 2.24. The molecule has 0 bridgehead atoms. The molecular formula is C25H19ClN2O5. The average Bonchev–Trinajstić information content (AvgIpc) is 2.82. The summed E-state index contributed by atoms with van der Waals surface area (Å²) >= 11 is 5.88. The second-order valence-corrected chi connectivity index (χ2v) is 7.45. The number of anilines is 1. The fraction of sp³-hybridized carbons (Fsp3) is 0.0800. The third-order valence-electron chi connectivity index (χ3n) is 4.74. The van der Waals surface area contributed by atoms with Gasteiger partial charge in [-0.05, 0) is 60.2 Å². The minimum Gasteiger partial charge on any atom is -0.490 e. The number of imide groups is 2. The SMILES string of the molecule is O=C1NC(=O)N(c2ccc(Cl)cc2)C(=O)C1=Cc1ccc(OCCOc2ccccc2)cc1. The van der Waals surface area contributed by atoms with Crippen LogP contribution in [0.2, 0.25) is 5.02 Å². The van der Waals surface area contributed by atoms with Crippen molar-refractivity contribution in [1.82, 2.24) is 5.32 Å². The van der Waals surface area contributed by atoms with Crippen LogP contribution in [-0.4, -0.2) is 31.1 Å². The van der Waals surface area contributed by atoms with Crippen LogP contribution in [0.1, 0.15) is 5.56 Å². The first kappa shape index (κ1) is 22.1. The highest BCUT2D eigenvalue weighted by molar-refractivity contribution is 6.39. The van der Waals surface area contributed by atoms with Gasteiger partial charge in [0, 0.05) is 5.02 Å². The molecule has 1 N–H and O–H groups in total. The summed E-state index contributed by atoms with van der Waals surface area (Å²) in [7, 11) is 0. The predicted molar refractivity (Wildman–Crippen MR) is 124 cm³/mol. The average molecular weight is 463 g/mol. The van der Waals surface area contributed by atoms with Crippen molar-refractivity contribution < 1.29 is 23.9 Å². The number of carbonyl (C=O) groups is 3. The molecule has 1 aliphatic heterocycles. The normalized spacial score (nSPS) is 14.9. The van der Waals surface area contributed by atoms with E-state index in [-0.39, 0.29) is 5.57 Å². The summed E-state index contributed by atoms with van der Waals surface area (Å²) in [5.41, 5.74) is 0.753. The van der Waals surface area contributed by atoms with Crippen LogP contribution in [0.25, 0.3) is 6.08 Å². The lowest BCUT2D eigenvalue weighted by Gasteiger charge is -2.26. The van der Waals surface area contributed by atoms with Gasteiger partial charge in [0.25, 0.3) is 11.8 Å². The summed E-state index contributed by atoms with van der Waals surface area (Å²) in [6.45, 7) is 0.743. The van der Waals surface area contributed by atoms with Crippen molar-refractivity contribution >= 4 is 41.2 Å². The van der Waals surface area contributed by atoms with Crippen molar-refractivity contribution in [3.05, 3.63) is 95.0 Å². The Morgan fingerprint density at radius 2 is 1.39 bits per heavy atom. The molecule has 4 amide bonds. The zero-order valence-corrected chi connectivity index (χ0v) is 18.1. The van der Waals surface area contributed by atoms with E-state index in [1.54, 1.807) is 36.4 Å². The van der Waals surface area contributed by atoms with Gasteiger partial charge in [0.1, 0.15) is 30.3 Å². The molecule has 1 aliphatic rings. The lowest BCUT2D eigenvalue weighted by atomic mass is 10.1. The number of para-hydroxylation sites is 1. The number of hydrogen-bond donors (Lipinski definition) is 1. The third-order valence-corrected chi connectivity index (χ3v) is 4.99. The quantitative estimate of drug-likeness (QED) is 0.318. The molecule has 3 aromatic rings. The topological polar surface area (TPSA) is 84.9 Å². The van der Waals surface area contributed by atoms with Crippen LogP contribution >= 0.6 is 11.6 Å². The van der Waals surface area contributed by atoms with Gasteiger partial charge < -0.3 is 9.47 Å². The number of benzene rings is 3. The van der Waals surface area contributed by atoms with E-state index in [4.69, 9.17) is 21.1 Å². The maximum atomic E-state index is 12.9. The molecule has 8 heteroatoms. The molecule has 1 saturated heterocycles. The summed E-state index contributed by atoms with van der Waals surface area (Å²) < 4.78 is 11.2. The Balaban J connectivity index is 1.41. The fourth-order valence-corrected chi connectivity index (χ4v) is 3.27. The summed E-state index contributed by atoms with van der Waals surface area (Å²) in [6.07, 6.45) is 1.43. The highest BCUT2D eigenvalue weighted by atomic mass is 35.5. The van der Waals surface area contributed by atoms with Crippen LogP contribution in [0, 0.1) is 0 Å². The first-order chi connectivity index (χ1) is 16.0. The molecule has 1 heterocycles. The number of nitrogens with zero attached hydrogens (tertiary/aromatic N) is 1. The zero-order valence-electron chi connectivity index (χ0n) is 17.4. The standard InChI is InChI=1S/C25H19ClN2O5/c26-18-8-10-19(11-9-18)28-24(30)22(23(29)27-25(28)31)16-17-6-12-21(13-7-17)33-15-14-32-20-4-2-1-3-5-20/h1-13,16H,14-15H2,(H,27,29,31). The first-order valence-corrected chi connectivity index (χ1v) is 10.5. The van der Waals surface area contributed by atoms with Gasteiger partial charge in [-0.15, -0.1) is 0 Å². The number of rotatable bonds is 7. The number of amides is 4. The molecule has 0 saturated carbocycles. The minimum absolute atomic E-state index is 0.158. The van der Waals surface area contributed by atoms with Crippen LogP contribution < -0.4 is 19.7 Å². The van der Waals surface area contributed by atoms with Gasteiger partial charge in [0.05, 0.1) is 5.69 Å². The number of halogens is 1. The Hall–Kier alpha value is -4.10. The van der Waals surface area contributed by atoms with Gasteiger partial charge in [-0.25, -0.2) is 9.69 Å². The number of carbonyl (C=O) groups excluding carboxylic acids is 3. The number of barbiturate groups is 1. The van der Waals surface area contributed by atoms with E-state index in [1.165, 1.54) is 18.2 Å². The van der Waals surface area contributed by atoms with Crippen LogP contribution in [0.3, 0.4) is 0 Å². The Kier molecular flexibility index (Phi) is 6.71. The predicted octanol–water partition coefficient (Wildman–Crippen LogP) is 4.46. The van der Waals surface area contributed by atoms with Gasteiger partial charge in [-0.2, -0.15) is 0 Å². The van der Waals surface area contributed by atoms with Crippen LogP contribution in [0.15, 0.2) is 84.4 Å². The maximum Gasteiger partial charge on any atom is 0.335 e. The maximum absolute atomic E-state index is 12.9. The molecule has 1 fully saturated rings. The van der Waals surface area contributed by atoms with Gasteiger partial charge in [0.2, 0.25) is 0 Å². The van der Waals surface area contributed by atoms with E-state index in [0.717, 1.165) is 10.6 Å². The molecule has 0 spiro atoms. The Bertz CT molecular complexity index is 1190. The van der Waals surface area contributed by atoms with Crippen LogP contribution in [0.4, 0.5) is 10.5 Å². The third kappa shape index (κ3) is 5.39. The zero-order chi connectivity index (χ0) is 23.2. The molecule has 0 unspecified atom stereocenters. The number of nitrogens with one attached hydrogen (secondary N) is 1. The summed E-state index contributed by atoms with van der Waals surface area (Å²) in [6, 6.07) is 21.7. The second kappa shape index (κ2) is 10.0. The van der Waals surface area contributed by atoms with Gasteiger partial charge in [-0.3, -0.25) is 14.9 Å². The first-order valence-electron chi connectivity index (χ1n) is 10.1. The van der Waals surface area contributed by atoms with Crippen molar-refractivity contribution in [3.63, 3.8) is 0 Å². The molecule has 7 nitrogen and oxygen atoms in total. The van der Waals surface area contributed by atoms with Gasteiger partial charge in [0.15, 0.2) is 0 Å². The fourth-order valence-electron chi connectivity index (χ4n) is 3.14. The van der Waals surface area contributed by atoms with Crippen molar-refractivity contribution in [2.45, 2.75) is 0 Å². The molecule has 166 valence electrons. The molecule has 0 atom stereocenters. The van der Waals surface area contributed by atoms with E-state index in [0.29, 0.717) is 35.2 Å². The van der Waals surface area contributed by atoms with E-state index >= 15 is 0 Å². The van der Waals surface area contributed by atoms with E-state index < -0.39 is 17.8 Å². The van der Waals surface area contributed by atoms with Crippen molar-refractivity contribution in [2.75, 3.05) is 18.1 Å². The largest absolute Gasteiger partial charge is 0.490 e. The summed E-state index contributed by atoms with van der Waals surface area (Å²) in [5.74, 6) is -0.0890. The molecule has 0 aromatic heterocycles. The molecule has 33 heavy (non-hydrogen) atoms. The number of ether oxygens (including phenoxy) is 2. The molecule has 0 radical (unpaired) electrons. The number of hydrogen-bond acceptors (Lipinski definition) is 5. The van der Waals surface area contributed by atoms with Crippen molar-refractivity contribution in [2.24, 2.45) is 0 Å². The molecule has 3 aromatic carbocycles. The summed E-state index contributed by atoms with van der Waals surface area (Å²) in [5, 5.41) is 2.65. The Labute approximate surface area is 195 Å². The number of urea groups is 1. The van der Waals surface area contributed by atoms with E-state index in [9.17, 15) is 14.4 Å². The Morgan fingerprint density at radius 3 is 2.03 bits per heavy atom. The lowest BCUT2D eigenvalue weighted by molar-refractivity contribution is -0.122. The smallest absolute Gasteiger partial charge is 0.335 e. The lowest BCUT2D eigenvalue weighted by Crippen LogP contribution is -2.54. The second-order valence-electron chi connectivity index (χ2n) is 7.01. The van der Waals surface area contributed by atoms with Crippen molar-refractivity contribution in [3.8, 4) is 11.5 Å². The van der Waals surface area contributed by atoms with E-state index in [1.807, 2.05) is 30.3 Å². The van der Waals surface area contributed by atoms with Gasteiger partial charge in [-0.1, -0.05) is 41.9 Å². The van der Waals surface area contributed by atoms with E-state index in [2.05, 4.69) is 5.32 Å². The molecule has 0 aliphatic carbocycles. The minimum atomic E-state index is -0.814. The van der Waals surface area contributed by atoms with Gasteiger partial charge >= 0.3 is 6.03 Å². The monoisotopic (exact) mass is 462 g/mol. The van der Waals surface area contributed by atoms with Crippen molar-refractivity contribution in [1.29, 1.82) is 0 Å². The Morgan fingerprint density at radius 1 is 0.788 bits per heavy atom. The van der Waals surface area contributed by atoms with Crippen LogP contribution in [-0.2, 0) is 9.59 Å².